The monoisotopic (exact) mass is 206 g/mol. The van der Waals surface area contributed by atoms with Crippen LogP contribution in [0.25, 0.3) is 5.52 Å². The molecule has 0 unspecified atom stereocenters. The van der Waals surface area contributed by atoms with Gasteiger partial charge in [0.05, 0.1) is 12.1 Å². The number of hydrogen-bond acceptors (Lipinski definition) is 3. The number of fused-ring (bicyclic) bond motifs is 1. The molecule has 0 aliphatic heterocycles. The Morgan fingerprint density at radius 1 is 1.47 bits per heavy atom. The van der Waals surface area contributed by atoms with Gasteiger partial charge in [0.1, 0.15) is 0 Å². The van der Waals surface area contributed by atoms with Crippen molar-refractivity contribution in [3.63, 3.8) is 0 Å². The smallest absolute Gasteiger partial charge is 0.236 e. The lowest BCUT2D eigenvalue weighted by atomic mass is 10.3. The Morgan fingerprint density at radius 2 is 2.33 bits per heavy atom. The van der Waals surface area contributed by atoms with Gasteiger partial charge in [0.25, 0.3) is 0 Å². The number of rotatable bonds is 4. The van der Waals surface area contributed by atoms with Crippen molar-refractivity contribution in [2.24, 2.45) is 0 Å². The van der Waals surface area contributed by atoms with E-state index in [2.05, 4.69) is 5.10 Å². The molecule has 0 bridgehead atoms. The molecule has 15 heavy (non-hydrogen) atoms. The van der Waals surface area contributed by atoms with Gasteiger partial charge in [-0.2, -0.15) is 0 Å². The molecule has 1 N–H and O–H groups in total. The number of aliphatic hydroxyl groups excluding tert-OH is 1. The Morgan fingerprint density at radius 3 is 3.07 bits per heavy atom. The zero-order chi connectivity index (χ0) is 10.7. The Bertz CT molecular complexity index is 451. The fourth-order valence-electron chi connectivity index (χ4n) is 1.47. The summed E-state index contributed by atoms with van der Waals surface area (Å²) in [7, 11) is 0. The fraction of sp³-hybridized carbons (Fsp3) is 0.364. The molecule has 0 saturated carbocycles. The SMILES string of the molecule is Cc1c(OCCCO)nn2ccccc12. The van der Waals surface area contributed by atoms with Gasteiger partial charge < -0.3 is 9.84 Å². The van der Waals surface area contributed by atoms with Crippen molar-refractivity contribution < 1.29 is 9.84 Å². The van der Waals surface area contributed by atoms with Crippen LogP contribution in [0.2, 0.25) is 0 Å². The lowest BCUT2D eigenvalue weighted by Gasteiger charge is -2.00. The predicted octanol–water partition coefficient (Wildman–Crippen LogP) is 1.40. The van der Waals surface area contributed by atoms with E-state index in [1.165, 1.54) is 0 Å². The summed E-state index contributed by atoms with van der Waals surface area (Å²) in [4.78, 5) is 0. The average molecular weight is 206 g/mol. The van der Waals surface area contributed by atoms with Crippen LogP contribution < -0.4 is 4.74 Å². The van der Waals surface area contributed by atoms with E-state index in [0.29, 0.717) is 18.9 Å². The molecule has 80 valence electrons. The minimum atomic E-state index is 0.145. The first kappa shape index (κ1) is 9.98. The number of nitrogens with zero attached hydrogens (tertiary/aromatic N) is 2. The van der Waals surface area contributed by atoms with E-state index in [1.54, 1.807) is 4.52 Å². The van der Waals surface area contributed by atoms with Gasteiger partial charge in [-0.05, 0) is 19.1 Å². The molecule has 0 aromatic carbocycles. The van der Waals surface area contributed by atoms with Gasteiger partial charge in [0, 0.05) is 24.8 Å². The van der Waals surface area contributed by atoms with Crippen molar-refractivity contribution in [3.05, 3.63) is 30.0 Å². The van der Waals surface area contributed by atoms with Crippen molar-refractivity contribution in [3.8, 4) is 5.88 Å². The van der Waals surface area contributed by atoms with Crippen LogP contribution in [0, 0.1) is 6.92 Å². The van der Waals surface area contributed by atoms with Gasteiger partial charge in [-0.3, -0.25) is 0 Å². The lowest BCUT2D eigenvalue weighted by Crippen LogP contribution is -2.00. The van der Waals surface area contributed by atoms with E-state index in [9.17, 15) is 0 Å². The average Bonchev–Trinajstić information content (AvgIpc) is 2.57. The second-order valence-corrected chi connectivity index (χ2v) is 3.39. The molecule has 0 saturated heterocycles. The predicted molar refractivity (Wildman–Crippen MR) is 57.1 cm³/mol. The zero-order valence-electron chi connectivity index (χ0n) is 8.68. The van der Waals surface area contributed by atoms with Crippen LogP contribution in [0.5, 0.6) is 5.88 Å². The van der Waals surface area contributed by atoms with Crippen molar-refractivity contribution in [2.45, 2.75) is 13.3 Å². The molecule has 0 radical (unpaired) electrons. The summed E-state index contributed by atoms with van der Waals surface area (Å²) in [5.74, 6) is 0.648. The van der Waals surface area contributed by atoms with Gasteiger partial charge in [-0.1, -0.05) is 6.07 Å². The molecule has 0 aliphatic carbocycles. The summed E-state index contributed by atoms with van der Waals surface area (Å²) >= 11 is 0. The van der Waals surface area contributed by atoms with Gasteiger partial charge in [0.15, 0.2) is 0 Å². The van der Waals surface area contributed by atoms with Crippen LogP contribution >= 0.6 is 0 Å². The number of aliphatic hydroxyl groups is 1. The first-order chi connectivity index (χ1) is 7.33. The third-order valence-corrected chi connectivity index (χ3v) is 2.28. The number of aryl methyl sites for hydroxylation is 1. The van der Waals surface area contributed by atoms with Crippen LogP contribution in [0.3, 0.4) is 0 Å². The number of ether oxygens (including phenoxy) is 1. The van der Waals surface area contributed by atoms with Crippen LogP contribution in [0.15, 0.2) is 24.4 Å². The van der Waals surface area contributed by atoms with E-state index < -0.39 is 0 Å². The third kappa shape index (κ3) is 1.94. The number of hydrogen-bond donors (Lipinski definition) is 1. The van der Waals surface area contributed by atoms with E-state index in [-0.39, 0.29) is 6.61 Å². The van der Waals surface area contributed by atoms with Crippen LogP contribution in [0.4, 0.5) is 0 Å². The molecule has 0 atom stereocenters. The minimum Gasteiger partial charge on any atom is -0.476 e. The summed E-state index contributed by atoms with van der Waals surface area (Å²) in [6.45, 7) is 2.63. The summed E-state index contributed by atoms with van der Waals surface area (Å²) in [6.07, 6.45) is 2.52. The van der Waals surface area contributed by atoms with Crippen molar-refractivity contribution in [1.82, 2.24) is 9.61 Å². The normalized spacial score (nSPS) is 10.8. The molecule has 2 rings (SSSR count). The second-order valence-electron chi connectivity index (χ2n) is 3.39. The van der Waals surface area contributed by atoms with Crippen molar-refractivity contribution in [2.75, 3.05) is 13.2 Å². The molecule has 0 spiro atoms. The van der Waals surface area contributed by atoms with Gasteiger partial charge in [-0.15, -0.1) is 5.10 Å². The maximum Gasteiger partial charge on any atom is 0.236 e. The summed E-state index contributed by atoms with van der Waals surface area (Å²) < 4.78 is 7.27. The quantitative estimate of drug-likeness (QED) is 0.769. The topological polar surface area (TPSA) is 46.8 Å². The first-order valence-electron chi connectivity index (χ1n) is 5.00. The highest BCUT2D eigenvalue weighted by Crippen LogP contribution is 2.20. The van der Waals surface area contributed by atoms with E-state index >= 15 is 0 Å². The molecule has 4 heteroatoms. The van der Waals surface area contributed by atoms with Crippen LogP contribution in [-0.4, -0.2) is 27.9 Å². The second kappa shape index (κ2) is 4.31. The summed E-state index contributed by atoms with van der Waals surface area (Å²) in [5, 5.41) is 12.9. The summed E-state index contributed by atoms with van der Waals surface area (Å²) in [6, 6.07) is 5.90. The maximum absolute atomic E-state index is 8.65. The van der Waals surface area contributed by atoms with E-state index in [4.69, 9.17) is 9.84 Å². The highest BCUT2D eigenvalue weighted by Gasteiger charge is 2.08. The minimum absolute atomic E-state index is 0.145. The molecular weight excluding hydrogens is 192 g/mol. The Kier molecular flexibility index (Phi) is 2.87. The first-order valence-corrected chi connectivity index (χ1v) is 5.00. The Labute approximate surface area is 88.1 Å². The lowest BCUT2D eigenvalue weighted by molar-refractivity contribution is 0.228. The molecule has 0 aliphatic rings. The highest BCUT2D eigenvalue weighted by molar-refractivity contribution is 5.57. The molecule has 0 amide bonds. The van der Waals surface area contributed by atoms with E-state index in [1.807, 2.05) is 31.3 Å². The number of aromatic nitrogens is 2. The third-order valence-electron chi connectivity index (χ3n) is 2.28. The fourth-order valence-corrected chi connectivity index (χ4v) is 1.47. The summed E-state index contributed by atoms with van der Waals surface area (Å²) in [5.41, 5.74) is 2.09. The number of pyridine rings is 1. The van der Waals surface area contributed by atoms with Gasteiger partial charge >= 0.3 is 0 Å². The molecule has 2 aromatic rings. The zero-order valence-corrected chi connectivity index (χ0v) is 8.68. The molecule has 2 heterocycles. The Hall–Kier alpha value is -1.55. The molecule has 2 aromatic heterocycles. The largest absolute Gasteiger partial charge is 0.476 e. The maximum atomic E-state index is 8.65. The van der Waals surface area contributed by atoms with Crippen LogP contribution in [0.1, 0.15) is 12.0 Å². The van der Waals surface area contributed by atoms with Crippen molar-refractivity contribution in [1.29, 1.82) is 0 Å². The van der Waals surface area contributed by atoms with Crippen molar-refractivity contribution >= 4 is 5.52 Å². The Balaban J connectivity index is 2.24. The molecular formula is C11H14N2O2. The van der Waals surface area contributed by atoms with Gasteiger partial charge in [0.2, 0.25) is 5.88 Å². The molecule has 0 fully saturated rings. The molecule has 4 nitrogen and oxygen atoms in total. The van der Waals surface area contributed by atoms with Gasteiger partial charge in [-0.25, -0.2) is 4.52 Å². The van der Waals surface area contributed by atoms with Crippen LogP contribution in [-0.2, 0) is 0 Å². The van der Waals surface area contributed by atoms with E-state index in [0.717, 1.165) is 11.1 Å². The highest BCUT2D eigenvalue weighted by atomic mass is 16.5. The standard InChI is InChI=1S/C11H14N2O2/c1-9-10-5-2-3-6-13(10)12-11(9)15-8-4-7-14/h2-3,5-6,14H,4,7-8H2,1H3.